The lowest BCUT2D eigenvalue weighted by molar-refractivity contribution is -0.121. The second-order valence-corrected chi connectivity index (χ2v) is 5.06. The van der Waals surface area contributed by atoms with Crippen LogP contribution in [0.25, 0.3) is 0 Å². The molecule has 4 heteroatoms. The van der Waals surface area contributed by atoms with E-state index in [1.54, 1.807) is 14.2 Å². The first kappa shape index (κ1) is 13.7. The topological polar surface area (TPSA) is 47.6 Å². The van der Waals surface area contributed by atoms with Crippen molar-refractivity contribution in [2.45, 2.75) is 32.2 Å². The highest BCUT2D eigenvalue weighted by Crippen LogP contribution is 2.32. The molecule has 1 aliphatic rings. The van der Waals surface area contributed by atoms with Gasteiger partial charge in [0.1, 0.15) is 0 Å². The molecule has 1 aromatic rings. The molecule has 1 aromatic carbocycles. The molecular weight excluding hydrogens is 242 g/mol. The van der Waals surface area contributed by atoms with Gasteiger partial charge in [-0.25, -0.2) is 0 Å². The van der Waals surface area contributed by atoms with Crippen molar-refractivity contribution in [3.8, 4) is 11.5 Å². The third-order valence-electron chi connectivity index (χ3n) is 3.53. The normalized spacial score (nSPS) is 15.7. The van der Waals surface area contributed by atoms with E-state index in [9.17, 15) is 4.79 Å². The highest BCUT2D eigenvalue weighted by Gasteiger charge is 2.28. The van der Waals surface area contributed by atoms with E-state index in [0.717, 1.165) is 5.56 Å². The number of hydrogen-bond donors (Lipinski definition) is 1. The molecule has 19 heavy (non-hydrogen) atoms. The van der Waals surface area contributed by atoms with Crippen LogP contribution in [-0.2, 0) is 11.2 Å². The van der Waals surface area contributed by atoms with E-state index in [0.29, 0.717) is 23.8 Å². The molecule has 1 unspecified atom stereocenters. The lowest BCUT2D eigenvalue weighted by Gasteiger charge is -2.13. The number of carbonyl (C=O) groups excluding carboxylic acids is 1. The van der Waals surface area contributed by atoms with E-state index in [-0.39, 0.29) is 11.9 Å². The summed E-state index contributed by atoms with van der Waals surface area (Å²) < 4.78 is 10.4. The van der Waals surface area contributed by atoms with Crippen molar-refractivity contribution in [1.82, 2.24) is 5.32 Å². The molecule has 2 rings (SSSR count). The van der Waals surface area contributed by atoms with Gasteiger partial charge in [0.15, 0.2) is 11.5 Å². The van der Waals surface area contributed by atoms with Crippen molar-refractivity contribution in [3.63, 3.8) is 0 Å². The summed E-state index contributed by atoms with van der Waals surface area (Å²) in [6, 6.07) is 5.85. The molecule has 1 amide bonds. The smallest absolute Gasteiger partial charge is 0.224 e. The maximum Gasteiger partial charge on any atom is 0.224 e. The van der Waals surface area contributed by atoms with Crippen LogP contribution < -0.4 is 14.8 Å². The van der Waals surface area contributed by atoms with Gasteiger partial charge in [-0.15, -0.1) is 0 Å². The molecule has 1 N–H and O–H groups in total. The molecule has 0 spiro atoms. The van der Waals surface area contributed by atoms with Crippen LogP contribution in [0.3, 0.4) is 0 Å². The summed E-state index contributed by atoms with van der Waals surface area (Å²) in [5.41, 5.74) is 0.929. The van der Waals surface area contributed by atoms with Crippen molar-refractivity contribution < 1.29 is 14.3 Å². The Bertz CT molecular complexity index is 455. The zero-order chi connectivity index (χ0) is 13.8. The SMILES string of the molecule is COc1ccc(CC(=O)NC(C)C2CC2)cc1OC. The second-order valence-electron chi connectivity index (χ2n) is 5.06. The molecular formula is C15H21NO3. The molecule has 0 aromatic heterocycles. The van der Waals surface area contributed by atoms with Gasteiger partial charge >= 0.3 is 0 Å². The highest BCUT2D eigenvalue weighted by molar-refractivity contribution is 5.79. The standard InChI is InChI=1S/C15H21NO3/c1-10(12-5-6-12)16-15(17)9-11-4-7-13(18-2)14(8-11)19-3/h4,7-8,10,12H,5-6,9H2,1-3H3,(H,16,17). The van der Waals surface area contributed by atoms with Crippen LogP contribution in [-0.4, -0.2) is 26.2 Å². The first-order valence-electron chi connectivity index (χ1n) is 6.64. The Morgan fingerprint density at radius 2 is 2.00 bits per heavy atom. The molecule has 1 atom stereocenters. The summed E-state index contributed by atoms with van der Waals surface area (Å²) in [4.78, 5) is 11.9. The molecule has 1 aliphatic carbocycles. The van der Waals surface area contributed by atoms with Crippen LogP contribution in [0.2, 0.25) is 0 Å². The van der Waals surface area contributed by atoms with Gasteiger partial charge in [-0.2, -0.15) is 0 Å². The van der Waals surface area contributed by atoms with Gasteiger partial charge in [-0.1, -0.05) is 6.07 Å². The maximum atomic E-state index is 11.9. The number of benzene rings is 1. The van der Waals surface area contributed by atoms with Gasteiger partial charge in [0, 0.05) is 6.04 Å². The number of methoxy groups -OCH3 is 2. The molecule has 0 saturated heterocycles. The minimum atomic E-state index is 0.0617. The molecule has 4 nitrogen and oxygen atoms in total. The maximum absolute atomic E-state index is 11.9. The average Bonchev–Trinajstić information content (AvgIpc) is 3.22. The van der Waals surface area contributed by atoms with Crippen LogP contribution >= 0.6 is 0 Å². The predicted octanol–water partition coefficient (Wildman–Crippen LogP) is 2.16. The quantitative estimate of drug-likeness (QED) is 0.855. The van der Waals surface area contributed by atoms with Crippen molar-refractivity contribution in [1.29, 1.82) is 0 Å². The van der Waals surface area contributed by atoms with Crippen molar-refractivity contribution in [3.05, 3.63) is 23.8 Å². The fourth-order valence-electron chi connectivity index (χ4n) is 2.20. The van der Waals surface area contributed by atoms with Gasteiger partial charge in [0.05, 0.1) is 20.6 Å². The van der Waals surface area contributed by atoms with E-state index in [4.69, 9.17) is 9.47 Å². The van der Waals surface area contributed by atoms with Crippen LogP contribution in [0.5, 0.6) is 11.5 Å². The first-order valence-corrected chi connectivity index (χ1v) is 6.64. The number of hydrogen-bond acceptors (Lipinski definition) is 3. The van der Waals surface area contributed by atoms with Gasteiger partial charge in [0.2, 0.25) is 5.91 Å². The number of rotatable bonds is 6. The molecule has 0 bridgehead atoms. The summed E-state index contributed by atoms with van der Waals surface area (Å²) in [6.45, 7) is 2.07. The van der Waals surface area contributed by atoms with E-state index in [1.807, 2.05) is 18.2 Å². The second kappa shape index (κ2) is 5.95. The fourth-order valence-corrected chi connectivity index (χ4v) is 2.20. The third kappa shape index (κ3) is 3.63. The van der Waals surface area contributed by atoms with Crippen molar-refractivity contribution in [2.24, 2.45) is 5.92 Å². The summed E-state index contributed by atoms with van der Waals surface area (Å²) in [5.74, 6) is 2.07. The number of carbonyl (C=O) groups is 1. The van der Waals surface area contributed by atoms with Gasteiger partial charge in [0.25, 0.3) is 0 Å². The van der Waals surface area contributed by atoms with Crippen molar-refractivity contribution >= 4 is 5.91 Å². The van der Waals surface area contributed by atoms with Crippen LogP contribution in [0, 0.1) is 5.92 Å². The fraction of sp³-hybridized carbons (Fsp3) is 0.533. The summed E-state index contributed by atoms with van der Waals surface area (Å²) in [5, 5.41) is 3.05. The lowest BCUT2D eigenvalue weighted by Crippen LogP contribution is -2.35. The Balaban J connectivity index is 1.95. The summed E-state index contributed by atoms with van der Waals surface area (Å²) in [7, 11) is 3.19. The average molecular weight is 263 g/mol. The number of amides is 1. The zero-order valence-corrected chi connectivity index (χ0v) is 11.7. The molecule has 0 radical (unpaired) electrons. The van der Waals surface area contributed by atoms with Gasteiger partial charge in [-0.05, 0) is 43.4 Å². The number of ether oxygens (including phenoxy) is 2. The Morgan fingerprint density at radius 3 is 2.58 bits per heavy atom. The van der Waals surface area contributed by atoms with E-state index in [1.165, 1.54) is 12.8 Å². The summed E-state index contributed by atoms with van der Waals surface area (Å²) in [6.07, 6.45) is 2.84. The Morgan fingerprint density at radius 1 is 1.32 bits per heavy atom. The molecule has 0 heterocycles. The molecule has 104 valence electrons. The zero-order valence-electron chi connectivity index (χ0n) is 11.7. The lowest BCUT2D eigenvalue weighted by atomic mass is 10.1. The largest absolute Gasteiger partial charge is 0.493 e. The van der Waals surface area contributed by atoms with Crippen LogP contribution in [0.15, 0.2) is 18.2 Å². The van der Waals surface area contributed by atoms with Gasteiger partial charge in [-0.3, -0.25) is 4.79 Å². The van der Waals surface area contributed by atoms with E-state index in [2.05, 4.69) is 12.2 Å². The Labute approximate surface area is 114 Å². The van der Waals surface area contributed by atoms with Crippen LogP contribution in [0.4, 0.5) is 0 Å². The minimum Gasteiger partial charge on any atom is -0.493 e. The highest BCUT2D eigenvalue weighted by atomic mass is 16.5. The molecule has 1 fully saturated rings. The van der Waals surface area contributed by atoms with Crippen LogP contribution in [0.1, 0.15) is 25.3 Å². The molecule has 1 saturated carbocycles. The monoisotopic (exact) mass is 263 g/mol. The Hall–Kier alpha value is -1.71. The summed E-state index contributed by atoms with van der Waals surface area (Å²) >= 11 is 0. The third-order valence-corrected chi connectivity index (χ3v) is 3.53. The van der Waals surface area contributed by atoms with E-state index < -0.39 is 0 Å². The first-order chi connectivity index (χ1) is 9.13. The van der Waals surface area contributed by atoms with Gasteiger partial charge < -0.3 is 14.8 Å². The Kier molecular flexibility index (Phi) is 4.30. The van der Waals surface area contributed by atoms with Crippen molar-refractivity contribution in [2.75, 3.05) is 14.2 Å². The predicted molar refractivity (Wildman–Crippen MR) is 73.6 cm³/mol. The molecule has 0 aliphatic heterocycles. The minimum absolute atomic E-state index is 0.0617. The number of nitrogens with one attached hydrogen (secondary N) is 1. The van der Waals surface area contributed by atoms with E-state index >= 15 is 0 Å².